The van der Waals surface area contributed by atoms with Gasteiger partial charge < -0.3 is 10.4 Å². The zero-order valence-corrected chi connectivity index (χ0v) is 19.6. The molecule has 3 rings (SSSR count). The highest BCUT2D eigenvalue weighted by molar-refractivity contribution is 7.98. The van der Waals surface area contributed by atoms with Gasteiger partial charge in [-0.2, -0.15) is 0 Å². The van der Waals surface area contributed by atoms with Crippen molar-refractivity contribution in [3.05, 3.63) is 70.2 Å². The molecule has 31 heavy (non-hydrogen) atoms. The minimum Gasteiger partial charge on any atom is -0.394 e. The predicted molar refractivity (Wildman–Crippen MR) is 125 cm³/mol. The molecule has 2 aromatic carbocycles. The molecule has 0 saturated carbocycles. The van der Waals surface area contributed by atoms with E-state index in [1.807, 2.05) is 30.3 Å². The van der Waals surface area contributed by atoms with Crippen LogP contribution in [0.25, 0.3) is 0 Å². The molecule has 0 aliphatic heterocycles. The molecule has 0 fully saturated rings. The first-order valence-electron chi connectivity index (χ1n) is 9.17. The molecule has 3 N–H and O–H groups in total. The van der Waals surface area contributed by atoms with Gasteiger partial charge in [-0.1, -0.05) is 65.3 Å². The Morgan fingerprint density at radius 3 is 2.32 bits per heavy atom. The average Bonchev–Trinajstić information content (AvgIpc) is 2.72. The summed E-state index contributed by atoms with van der Waals surface area (Å²) in [5, 5.41) is 13.1. The van der Waals surface area contributed by atoms with Crippen LogP contribution < -0.4 is 10.0 Å². The van der Waals surface area contributed by atoms with E-state index in [1.165, 1.54) is 36.0 Å². The molecule has 1 aromatic heterocycles. The molecule has 1 heterocycles. The van der Waals surface area contributed by atoms with E-state index in [-0.39, 0.29) is 33.4 Å². The van der Waals surface area contributed by atoms with Crippen molar-refractivity contribution in [2.24, 2.45) is 0 Å². The summed E-state index contributed by atoms with van der Waals surface area (Å²) >= 11 is 13.2. The Kier molecular flexibility index (Phi) is 8.01. The van der Waals surface area contributed by atoms with Crippen LogP contribution in [0, 0.1) is 0 Å². The Hall–Kier alpha value is -2.04. The Morgan fingerprint density at radius 2 is 1.68 bits per heavy atom. The summed E-state index contributed by atoms with van der Waals surface area (Å²) in [4.78, 5) is 8.67. The zero-order chi connectivity index (χ0) is 22.4. The number of aliphatic hydroxyl groups excluding tert-OH is 1. The Morgan fingerprint density at radius 1 is 1.03 bits per heavy atom. The summed E-state index contributed by atoms with van der Waals surface area (Å²) < 4.78 is 28.1. The Bertz CT molecular complexity index is 1130. The topological polar surface area (TPSA) is 104 Å². The van der Waals surface area contributed by atoms with E-state index < -0.39 is 10.0 Å². The van der Waals surface area contributed by atoms with Crippen molar-refractivity contribution in [1.82, 2.24) is 9.97 Å². The number of halogens is 2. The maximum Gasteiger partial charge on any atom is 0.263 e. The first-order valence-corrected chi connectivity index (χ1v) is 12.4. The maximum absolute atomic E-state index is 12.8. The van der Waals surface area contributed by atoms with E-state index in [0.29, 0.717) is 16.7 Å². The van der Waals surface area contributed by atoms with Gasteiger partial charge in [0, 0.05) is 27.9 Å². The van der Waals surface area contributed by atoms with Crippen LogP contribution in [-0.2, 0) is 15.8 Å². The molecule has 0 saturated heterocycles. The van der Waals surface area contributed by atoms with E-state index in [9.17, 15) is 13.5 Å². The fourth-order valence-electron chi connectivity index (χ4n) is 2.52. The Labute approximate surface area is 195 Å². The third-order valence-electron chi connectivity index (χ3n) is 3.97. The number of aliphatic hydroxyl groups is 1. The summed E-state index contributed by atoms with van der Waals surface area (Å²) in [5.41, 5.74) is 1.08. The van der Waals surface area contributed by atoms with Crippen molar-refractivity contribution in [1.29, 1.82) is 0 Å². The summed E-state index contributed by atoms with van der Waals surface area (Å²) in [5.74, 6) is 1.07. The summed E-state index contributed by atoms with van der Waals surface area (Å²) in [6.45, 7) is 1.66. The average molecular weight is 499 g/mol. The van der Waals surface area contributed by atoms with Crippen LogP contribution >= 0.6 is 35.0 Å². The molecule has 11 heteroatoms. The van der Waals surface area contributed by atoms with Crippen molar-refractivity contribution in [2.45, 2.75) is 28.8 Å². The molecular formula is C20H20Cl2N4O3S2. The van der Waals surface area contributed by atoms with Gasteiger partial charge in [0.1, 0.15) is 11.6 Å². The summed E-state index contributed by atoms with van der Waals surface area (Å²) in [6.07, 6.45) is 0. The fourth-order valence-corrected chi connectivity index (χ4v) is 5.05. The quantitative estimate of drug-likeness (QED) is 0.290. The third kappa shape index (κ3) is 6.98. The first kappa shape index (κ1) is 23.6. The molecule has 164 valence electrons. The van der Waals surface area contributed by atoms with Gasteiger partial charge in [0.15, 0.2) is 5.16 Å². The highest BCUT2D eigenvalue weighted by Crippen LogP contribution is 2.27. The number of aromatic nitrogens is 2. The highest BCUT2D eigenvalue weighted by atomic mass is 35.5. The van der Waals surface area contributed by atoms with Crippen LogP contribution in [0.5, 0.6) is 0 Å². The van der Waals surface area contributed by atoms with Gasteiger partial charge in [0.05, 0.1) is 11.5 Å². The smallest absolute Gasteiger partial charge is 0.263 e. The number of hydrogen-bond donors (Lipinski definition) is 3. The second kappa shape index (κ2) is 10.5. The van der Waals surface area contributed by atoms with Crippen LogP contribution in [0.15, 0.2) is 64.6 Å². The number of benzene rings is 2. The fraction of sp³-hybridized carbons (Fsp3) is 0.200. The van der Waals surface area contributed by atoms with Crippen LogP contribution in [0.3, 0.4) is 0 Å². The number of thioether (sulfide) groups is 1. The largest absolute Gasteiger partial charge is 0.394 e. The van der Waals surface area contributed by atoms with Crippen LogP contribution in [-0.4, -0.2) is 36.1 Å². The minimum atomic E-state index is -3.99. The molecule has 0 spiro atoms. The predicted octanol–water partition coefficient (Wildman–Crippen LogP) is 4.67. The van der Waals surface area contributed by atoms with Crippen LogP contribution in [0.1, 0.15) is 12.5 Å². The number of rotatable bonds is 9. The lowest BCUT2D eigenvalue weighted by molar-refractivity contribution is 0.281. The molecule has 3 aromatic rings. The van der Waals surface area contributed by atoms with Gasteiger partial charge in [-0.15, -0.1) is 0 Å². The van der Waals surface area contributed by atoms with Crippen molar-refractivity contribution in [2.75, 3.05) is 16.6 Å². The normalized spacial score (nSPS) is 12.4. The molecule has 0 amide bonds. The molecule has 7 nitrogen and oxygen atoms in total. The minimum absolute atomic E-state index is 0.0781. The van der Waals surface area contributed by atoms with Crippen molar-refractivity contribution < 1.29 is 13.5 Å². The number of nitrogens with one attached hydrogen (secondary N) is 2. The molecule has 0 aliphatic carbocycles. The van der Waals surface area contributed by atoms with E-state index in [1.54, 1.807) is 6.92 Å². The van der Waals surface area contributed by atoms with Crippen molar-refractivity contribution in [3.63, 3.8) is 0 Å². The molecule has 0 aliphatic rings. The standard InChI is InChI=1S/C20H20Cl2N4O3S2/c1-13(11-27)23-18-10-19(25-20(24-18)30-12-14-5-3-2-4-6-14)26-31(28,29)17-8-15(21)7-16(22)9-17/h2-10,13,27H,11-12H2,1H3,(H2,23,24,25,26). The van der Waals surface area contributed by atoms with E-state index in [2.05, 4.69) is 20.0 Å². The molecular weight excluding hydrogens is 479 g/mol. The molecule has 0 bridgehead atoms. The van der Waals surface area contributed by atoms with Gasteiger partial charge in [0.25, 0.3) is 10.0 Å². The lowest BCUT2D eigenvalue weighted by Crippen LogP contribution is -2.21. The van der Waals surface area contributed by atoms with E-state index >= 15 is 0 Å². The number of anilines is 2. The van der Waals surface area contributed by atoms with Crippen molar-refractivity contribution in [3.8, 4) is 0 Å². The molecule has 0 radical (unpaired) electrons. The molecule has 1 atom stereocenters. The third-order valence-corrected chi connectivity index (χ3v) is 6.66. The van der Waals surface area contributed by atoms with Gasteiger partial charge in [-0.3, -0.25) is 4.72 Å². The summed E-state index contributed by atoms with van der Waals surface area (Å²) in [6, 6.07) is 15.0. The lowest BCUT2D eigenvalue weighted by Gasteiger charge is -2.14. The monoisotopic (exact) mass is 498 g/mol. The lowest BCUT2D eigenvalue weighted by atomic mass is 10.2. The van der Waals surface area contributed by atoms with Gasteiger partial charge in [-0.25, -0.2) is 18.4 Å². The number of sulfonamides is 1. The highest BCUT2D eigenvalue weighted by Gasteiger charge is 2.18. The summed E-state index contributed by atoms with van der Waals surface area (Å²) in [7, 11) is -3.99. The first-order chi connectivity index (χ1) is 14.7. The maximum atomic E-state index is 12.8. The molecule has 1 unspecified atom stereocenters. The number of nitrogens with zero attached hydrogens (tertiary/aromatic N) is 2. The van der Waals surface area contributed by atoms with Gasteiger partial charge in [-0.05, 0) is 30.7 Å². The van der Waals surface area contributed by atoms with Gasteiger partial charge >= 0.3 is 0 Å². The Balaban J connectivity index is 1.89. The van der Waals surface area contributed by atoms with E-state index in [0.717, 1.165) is 5.56 Å². The van der Waals surface area contributed by atoms with Crippen LogP contribution in [0.2, 0.25) is 10.0 Å². The SMILES string of the molecule is CC(CO)Nc1cc(NS(=O)(=O)c2cc(Cl)cc(Cl)c2)nc(SCc2ccccc2)n1. The second-order valence-corrected chi connectivity index (χ2v) is 10.1. The van der Waals surface area contributed by atoms with E-state index in [4.69, 9.17) is 23.2 Å². The number of hydrogen-bond acceptors (Lipinski definition) is 7. The van der Waals surface area contributed by atoms with Crippen molar-refractivity contribution >= 4 is 56.6 Å². The van der Waals surface area contributed by atoms with Gasteiger partial charge in [0.2, 0.25) is 0 Å². The van der Waals surface area contributed by atoms with Crippen LogP contribution in [0.4, 0.5) is 11.6 Å². The second-order valence-electron chi connectivity index (χ2n) is 6.63. The zero-order valence-electron chi connectivity index (χ0n) is 16.4.